The number of hydrogen-bond donors (Lipinski definition) is 1. The smallest absolute Gasteiger partial charge is 0.156 e. The minimum Gasteiger partial charge on any atom is -0.454 e. The van der Waals surface area contributed by atoms with E-state index in [4.69, 9.17) is 4.42 Å². The van der Waals surface area contributed by atoms with Crippen molar-refractivity contribution < 1.29 is 5.84 Å². The lowest BCUT2D eigenvalue weighted by molar-refractivity contribution is 0.574. The predicted molar refractivity (Wildman–Crippen MR) is 68.9 cm³/mol. The molecule has 0 unspecified atom stereocenters. The maximum absolute atomic E-state index is 5.92. The number of rotatable bonds is 0. The molecule has 84 valence electrons. The molecule has 3 aromatic rings. The second-order valence-electron chi connectivity index (χ2n) is 5.25. The molecule has 0 radical (unpaired) electrons. The van der Waals surface area contributed by atoms with Gasteiger partial charge in [0.05, 0.1) is 5.52 Å². The second kappa shape index (κ2) is 2.91. The van der Waals surface area contributed by atoms with Crippen molar-refractivity contribution in [3.05, 3.63) is 36.0 Å². The quantitative estimate of drug-likeness (QED) is 0.589. The van der Waals surface area contributed by atoms with Crippen molar-refractivity contribution in [3.8, 4) is 0 Å². The molecule has 0 amide bonds. The van der Waals surface area contributed by atoms with E-state index in [1.54, 1.807) is 0 Å². The summed E-state index contributed by atoms with van der Waals surface area (Å²) in [5.74, 6) is 0. The fourth-order valence-corrected chi connectivity index (χ4v) is 2.15. The molecular formula is C14H17NO. The monoisotopic (exact) mass is 215 g/mol. The summed E-state index contributed by atoms with van der Waals surface area (Å²) in [7, 11) is 0. The van der Waals surface area contributed by atoms with Gasteiger partial charge in [-0.2, -0.15) is 0 Å². The van der Waals surface area contributed by atoms with Gasteiger partial charge >= 0.3 is 0 Å². The highest BCUT2D eigenvalue weighted by molar-refractivity contribution is 6.04. The molecule has 2 heteroatoms. The standard InChI is InChI=1S/C14H15NO.H2/c1-14(2,3)10-8-15-12-9-6-4-5-7-11(9)16-13(10)12;/h4-8,15H,1-3H3;1H. The van der Waals surface area contributed by atoms with Gasteiger partial charge in [0.25, 0.3) is 0 Å². The molecule has 2 heterocycles. The van der Waals surface area contributed by atoms with E-state index in [0.29, 0.717) is 0 Å². The molecule has 0 fully saturated rings. The van der Waals surface area contributed by atoms with Gasteiger partial charge in [-0.05, 0) is 17.5 Å². The number of H-pyrrole nitrogens is 1. The zero-order chi connectivity index (χ0) is 11.3. The van der Waals surface area contributed by atoms with Crippen molar-refractivity contribution in [2.75, 3.05) is 0 Å². The van der Waals surface area contributed by atoms with Gasteiger partial charge in [-0.15, -0.1) is 0 Å². The van der Waals surface area contributed by atoms with Crippen LogP contribution in [0.5, 0.6) is 0 Å². The van der Waals surface area contributed by atoms with Crippen LogP contribution in [0.4, 0.5) is 0 Å². The summed E-state index contributed by atoms with van der Waals surface area (Å²) >= 11 is 0. The van der Waals surface area contributed by atoms with Crippen LogP contribution in [-0.4, -0.2) is 4.98 Å². The zero-order valence-electron chi connectivity index (χ0n) is 9.79. The van der Waals surface area contributed by atoms with Crippen LogP contribution in [0.2, 0.25) is 0 Å². The Labute approximate surface area is 95.7 Å². The number of aromatic amines is 1. The summed E-state index contributed by atoms with van der Waals surface area (Å²) in [5.41, 5.74) is 4.40. The van der Waals surface area contributed by atoms with Crippen molar-refractivity contribution >= 4 is 22.1 Å². The summed E-state index contributed by atoms with van der Waals surface area (Å²) in [5, 5.41) is 1.16. The number of furan rings is 1. The molecule has 16 heavy (non-hydrogen) atoms. The molecular weight excluding hydrogens is 198 g/mol. The predicted octanol–water partition coefficient (Wildman–Crippen LogP) is 4.46. The second-order valence-corrected chi connectivity index (χ2v) is 5.25. The van der Waals surface area contributed by atoms with E-state index < -0.39 is 0 Å². The minimum atomic E-state index is 0. The molecule has 0 atom stereocenters. The van der Waals surface area contributed by atoms with Crippen molar-refractivity contribution in [1.82, 2.24) is 4.98 Å². The molecule has 0 aliphatic rings. The molecule has 2 nitrogen and oxygen atoms in total. The molecule has 0 spiro atoms. The summed E-state index contributed by atoms with van der Waals surface area (Å²) in [4.78, 5) is 3.32. The number of para-hydroxylation sites is 1. The Bertz CT molecular complexity index is 658. The highest BCUT2D eigenvalue weighted by atomic mass is 16.3. The van der Waals surface area contributed by atoms with Crippen molar-refractivity contribution in [2.45, 2.75) is 26.2 Å². The summed E-state index contributed by atoms with van der Waals surface area (Å²) < 4.78 is 5.92. The van der Waals surface area contributed by atoms with Crippen LogP contribution in [0.1, 0.15) is 27.8 Å². The van der Waals surface area contributed by atoms with Gasteiger partial charge in [0.2, 0.25) is 0 Å². The third-order valence-corrected chi connectivity index (χ3v) is 3.01. The van der Waals surface area contributed by atoms with Crippen molar-refractivity contribution in [2.24, 2.45) is 0 Å². The van der Waals surface area contributed by atoms with E-state index in [1.165, 1.54) is 5.56 Å². The van der Waals surface area contributed by atoms with Gasteiger partial charge in [-0.3, -0.25) is 0 Å². The average molecular weight is 215 g/mol. The SMILES string of the molecule is CC(C)(C)c1c[nH]c2c1oc1ccccc12.[HH]. The van der Waals surface area contributed by atoms with Crippen LogP contribution >= 0.6 is 0 Å². The first-order valence-electron chi connectivity index (χ1n) is 5.56. The fourth-order valence-electron chi connectivity index (χ4n) is 2.15. The first-order chi connectivity index (χ1) is 7.57. The lowest BCUT2D eigenvalue weighted by Crippen LogP contribution is -2.09. The summed E-state index contributed by atoms with van der Waals surface area (Å²) in [6.45, 7) is 6.59. The van der Waals surface area contributed by atoms with Crippen LogP contribution in [0.25, 0.3) is 22.1 Å². The number of hydrogen-bond acceptors (Lipinski definition) is 1. The number of benzene rings is 1. The van der Waals surface area contributed by atoms with Crippen LogP contribution < -0.4 is 0 Å². The van der Waals surface area contributed by atoms with Gasteiger partial charge < -0.3 is 9.40 Å². The molecule has 0 aliphatic heterocycles. The maximum Gasteiger partial charge on any atom is 0.156 e. The number of nitrogens with one attached hydrogen (secondary N) is 1. The average Bonchev–Trinajstić information content (AvgIpc) is 2.73. The van der Waals surface area contributed by atoms with Gasteiger partial charge in [0.1, 0.15) is 5.58 Å². The van der Waals surface area contributed by atoms with Gasteiger partial charge in [0, 0.05) is 18.6 Å². The van der Waals surface area contributed by atoms with Crippen molar-refractivity contribution in [3.63, 3.8) is 0 Å². The third kappa shape index (κ3) is 1.19. The Kier molecular flexibility index (Phi) is 1.73. The molecule has 0 saturated heterocycles. The Morgan fingerprint density at radius 2 is 1.94 bits per heavy atom. The molecule has 0 bridgehead atoms. The number of aromatic nitrogens is 1. The van der Waals surface area contributed by atoms with Gasteiger partial charge in [-0.25, -0.2) is 0 Å². The molecule has 0 saturated carbocycles. The molecule has 2 aromatic heterocycles. The van der Waals surface area contributed by atoms with Crippen LogP contribution in [0.15, 0.2) is 34.9 Å². The van der Waals surface area contributed by atoms with E-state index >= 15 is 0 Å². The van der Waals surface area contributed by atoms with Crippen LogP contribution in [0.3, 0.4) is 0 Å². The van der Waals surface area contributed by atoms with E-state index in [0.717, 1.165) is 22.1 Å². The summed E-state index contributed by atoms with van der Waals surface area (Å²) in [6, 6.07) is 8.14. The zero-order valence-corrected chi connectivity index (χ0v) is 9.79. The first-order valence-corrected chi connectivity index (χ1v) is 5.56. The fraction of sp³-hybridized carbons (Fsp3) is 0.286. The summed E-state index contributed by atoms with van der Waals surface area (Å²) in [6.07, 6.45) is 2.06. The highest BCUT2D eigenvalue weighted by Gasteiger charge is 2.22. The highest BCUT2D eigenvalue weighted by Crippen LogP contribution is 2.35. The lowest BCUT2D eigenvalue weighted by atomic mass is 9.89. The largest absolute Gasteiger partial charge is 0.454 e. The molecule has 1 N–H and O–H groups in total. The van der Waals surface area contributed by atoms with Gasteiger partial charge in [0.15, 0.2) is 5.58 Å². The van der Waals surface area contributed by atoms with Crippen molar-refractivity contribution in [1.29, 1.82) is 0 Å². The third-order valence-electron chi connectivity index (χ3n) is 3.01. The maximum atomic E-state index is 5.92. The Hall–Kier alpha value is -1.70. The van der Waals surface area contributed by atoms with E-state index in [-0.39, 0.29) is 6.84 Å². The van der Waals surface area contributed by atoms with E-state index in [2.05, 4.69) is 38.0 Å². The molecule has 0 aliphatic carbocycles. The number of fused-ring (bicyclic) bond motifs is 3. The van der Waals surface area contributed by atoms with Gasteiger partial charge in [-0.1, -0.05) is 32.9 Å². The molecule has 1 aromatic carbocycles. The van der Waals surface area contributed by atoms with E-state index in [9.17, 15) is 0 Å². The van der Waals surface area contributed by atoms with Crippen LogP contribution in [0, 0.1) is 0 Å². The molecule has 3 rings (SSSR count). The minimum absolute atomic E-state index is 0. The Morgan fingerprint density at radius 3 is 2.69 bits per heavy atom. The normalized spacial score (nSPS) is 12.7. The Balaban J connectivity index is 0.00000108. The lowest BCUT2D eigenvalue weighted by Gasteiger charge is -2.15. The topological polar surface area (TPSA) is 28.9 Å². The van der Waals surface area contributed by atoms with E-state index in [1.807, 2.05) is 18.2 Å². The Morgan fingerprint density at radius 1 is 1.19 bits per heavy atom. The van der Waals surface area contributed by atoms with Crippen LogP contribution in [-0.2, 0) is 5.41 Å². The first kappa shape index (κ1) is 9.52.